The third-order valence-corrected chi connectivity index (χ3v) is 8.48. The summed E-state index contributed by atoms with van der Waals surface area (Å²) in [6, 6.07) is 9.78. The molecule has 0 aromatic heterocycles. The van der Waals surface area contributed by atoms with Crippen LogP contribution in [-0.2, 0) is 20.8 Å². The summed E-state index contributed by atoms with van der Waals surface area (Å²) in [4.78, 5) is 43.8. The maximum absolute atomic E-state index is 13.3. The van der Waals surface area contributed by atoms with Crippen LogP contribution in [0.3, 0.4) is 0 Å². The number of amides is 2. The van der Waals surface area contributed by atoms with Crippen molar-refractivity contribution < 1.29 is 19.1 Å². The quantitative estimate of drug-likeness (QED) is 0.322. The van der Waals surface area contributed by atoms with Crippen LogP contribution in [0.2, 0.25) is 20.1 Å². The van der Waals surface area contributed by atoms with Crippen molar-refractivity contribution in [1.82, 2.24) is 14.7 Å². The first kappa shape index (κ1) is 29.0. The lowest BCUT2D eigenvalue weighted by atomic mass is 10.1. The smallest absolute Gasteiger partial charge is 0.311 e. The minimum absolute atomic E-state index is 0.00377. The third-order valence-electron chi connectivity index (χ3n) is 7.00. The SMILES string of the molecule is CC(=O)N1CCN(C(=O)Cc2ccc(Cl)c(Cl)c2)C(CN2CCC(CC(=O)Oc3ccc(Cl)c(Cl)c3)C2)C1. The molecule has 0 bridgehead atoms. The first-order valence-corrected chi connectivity index (χ1v) is 14.0. The summed E-state index contributed by atoms with van der Waals surface area (Å²) in [6.07, 6.45) is 1.33. The summed E-state index contributed by atoms with van der Waals surface area (Å²) in [5.41, 5.74) is 0.791. The highest BCUT2D eigenvalue weighted by atomic mass is 35.5. The maximum atomic E-state index is 13.3. The van der Waals surface area contributed by atoms with Gasteiger partial charge in [-0.3, -0.25) is 14.4 Å². The van der Waals surface area contributed by atoms with Gasteiger partial charge >= 0.3 is 5.97 Å². The first-order valence-electron chi connectivity index (χ1n) is 12.5. The molecule has 204 valence electrons. The number of likely N-dealkylation sites (tertiary alicyclic amines) is 1. The van der Waals surface area contributed by atoms with Crippen LogP contribution in [0.5, 0.6) is 5.75 Å². The molecule has 2 heterocycles. The minimum Gasteiger partial charge on any atom is -0.426 e. The van der Waals surface area contributed by atoms with Crippen molar-refractivity contribution >= 4 is 64.2 Å². The van der Waals surface area contributed by atoms with Gasteiger partial charge in [-0.2, -0.15) is 0 Å². The fraction of sp³-hybridized carbons (Fsp3) is 0.444. The second kappa shape index (κ2) is 12.9. The van der Waals surface area contributed by atoms with Crippen LogP contribution < -0.4 is 4.74 Å². The zero-order valence-corrected chi connectivity index (χ0v) is 24.0. The van der Waals surface area contributed by atoms with Crippen molar-refractivity contribution in [3.63, 3.8) is 0 Å². The summed E-state index contributed by atoms with van der Waals surface area (Å²) < 4.78 is 5.44. The molecule has 2 fully saturated rings. The summed E-state index contributed by atoms with van der Waals surface area (Å²) in [7, 11) is 0. The van der Waals surface area contributed by atoms with E-state index in [1.165, 1.54) is 6.07 Å². The van der Waals surface area contributed by atoms with E-state index in [1.54, 1.807) is 42.2 Å². The predicted molar refractivity (Wildman–Crippen MR) is 149 cm³/mol. The molecule has 2 aliphatic heterocycles. The highest BCUT2D eigenvalue weighted by molar-refractivity contribution is 6.42. The van der Waals surface area contributed by atoms with Crippen molar-refractivity contribution in [1.29, 1.82) is 0 Å². The Balaban J connectivity index is 1.35. The summed E-state index contributed by atoms with van der Waals surface area (Å²) in [5, 5.41) is 1.58. The highest BCUT2D eigenvalue weighted by Crippen LogP contribution is 2.28. The van der Waals surface area contributed by atoms with Crippen LogP contribution in [0, 0.1) is 5.92 Å². The molecule has 2 aromatic carbocycles. The molecule has 2 atom stereocenters. The van der Waals surface area contributed by atoms with E-state index in [2.05, 4.69) is 4.90 Å². The Morgan fingerprint density at radius 1 is 0.895 bits per heavy atom. The Labute approximate surface area is 242 Å². The summed E-state index contributed by atoms with van der Waals surface area (Å²) in [5.74, 6) is 0.155. The molecule has 0 spiro atoms. The molecule has 38 heavy (non-hydrogen) atoms. The number of carbonyl (C=O) groups excluding carboxylic acids is 3. The number of benzene rings is 2. The molecule has 7 nitrogen and oxygen atoms in total. The number of esters is 1. The van der Waals surface area contributed by atoms with Crippen LogP contribution in [0.15, 0.2) is 36.4 Å². The molecule has 2 aromatic rings. The number of hydrogen-bond acceptors (Lipinski definition) is 5. The Hall–Kier alpha value is -2.03. The van der Waals surface area contributed by atoms with Gasteiger partial charge in [0.05, 0.1) is 39.0 Å². The standard InChI is InChI=1S/C27H29Cl4N3O4/c1-17(35)33-8-9-34(26(36)11-18-2-4-22(28)24(30)10-18)20(16-33)15-32-7-6-19(14-32)12-27(37)38-21-3-5-23(29)25(31)13-21/h2-5,10,13,19-20H,6-9,11-12,14-16H2,1H3. The zero-order valence-electron chi connectivity index (χ0n) is 21.0. The van der Waals surface area contributed by atoms with E-state index in [-0.39, 0.29) is 42.6 Å². The van der Waals surface area contributed by atoms with Gasteiger partial charge in [-0.25, -0.2) is 0 Å². The molecule has 2 saturated heterocycles. The fourth-order valence-corrected chi connectivity index (χ4v) is 5.65. The molecule has 2 amide bonds. The minimum atomic E-state index is -0.325. The van der Waals surface area contributed by atoms with E-state index in [9.17, 15) is 14.4 Å². The molecule has 2 aliphatic rings. The highest BCUT2D eigenvalue weighted by Gasteiger charge is 2.35. The number of nitrogens with zero attached hydrogens (tertiary/aromatic N) is 3. The average Bonchev–Trinajstić information content (AvgIpc) is 3.30. The monoisotopic (exact) mass is 599 g/mol. The second-order valence-electron chi connectivity index (χ2n) is 9.80. The molecule has 0 N–H and O–H groups in total. The lowest BCUT2D eigenvalue weighted by molar-refractivity contribution is -0.142. The molecule has 0 aliphatic carbocycles. The van der Waals surface area contributed by atoms with Crippen LogP contribution in [0.25, 0.3) is 0 Å². The Morgan fingerprint density at radius 2 is 1.61 bits per heavy atom. The normalized spacial score (nSPS) is 20.0. The van der Waals surface area contributed by atoms with Crippen LogP contribution in [0.4, 0.5) is 0 Å². The Kier molecular flexibility index (Phi) is 9.82. The van der Waals surface area contributed by atoms with Crippen LogP contribution in [0.1, 0.15) is 25.3 Å². The number of rotatable bonds is 7. The third kappa shape index (κ3) is 7.54. The van der Waals surface area contributed by atoms with Gasteiger partial charge in [0.1, 0.15) is 5.75 Å². The lowest BCUT2D eigenvalue weighted by Gasteiger charge is -2.42. The van der Waals surface area contributed by atoms with E-state index in [0.29, 0.717) is 58.6 Å². The van der Waals surface area contributed by atoms with Gasteiger partial charge in [0.15, 0.2) is 0 Å². The van der Waals surface area contributed by atoms with Gasteiger partial charge in [-0.15, -0.1) is 0 Å². The van der Waals surface area contributed by atoms with E-state index >= 15 is 0 Å². The summed E-state index contributed by atoms with van der Waals surface area (Å²) >= 11 is 24.1. The van der Waals surface area contributed by atoms with Crippen LogP contribution >= 0.6 is 46.4 Å². The molecule has 0 radical (unpaired) electrons. The largest absolute Gasteiger partial charge is 0.426 e. The van der Waals surface area contributed by atoms with Crippen molar-refractivity contribution in [2.24, 2.45) is 5.92 Å². The number of halogens is 4. The molecule has 11 heteroatoms. The van der Waals surface area contributed by atoms with E-state index in [4.69, 9.17) is 51.1 Å². The number of ether oxygens (including phenoxy) is 1. The fourth-order valence-electron chi connectivity index (χ4n) is 5.04. The van der Waals surface area contributed by atoms with E-state index in [1.807, 2.05) is 4.90 Å². The molecular weight excluding hydrogens is 572 g/mol. The van der Waals surface area contributed by atoms with Crippen LogP contribution in [-0.4, -0.2) is 77.8 Å². The van der Waals surface area contributed by atoms with Crippen molar-refractivity contribution in [2.45, 2.75) is 32.2 Å². The molecule has 4 rings (SSSR count). The van der Waals surface area contributed by atoms with Crippen molar-refractivity contribution in [3.05, 3.63) is 62.1 Å². The molecular formula is C27H29Cl4N3O4. The van der Waals surface area contributed by atoms with Gasteiger partial charge in [-0.1, -0.05) is 52.5 Å². The second-order valence-corrected chi connectivity index (χ2v) is 11.4. The number of carbonyl (C=O) groups is 3. The molecule has 2 unspecified atom stereocenters. The number of hydrogen-bond donors (Lipinski definition) is 0. The predicted octanol–water partition coefficient (Wildman–Crippen LogP) is 5.22. The van der Waals surface area contributed by atoms with Gasteiger partial charge in [0.25, 0.3) is 0 Å². The topological polar surface area (TPSA) is 70.2 Å². The maximum Gasteiger partial charge on any atom is 0.311 e. The first-order chi connectivity index (χ1) is 18.1. The van der Waals surface area contributed by atoms with Gasteiger partial charge < -0.3 is 19.4 Å². The van der Waals surface area contributed by atoms with E-state index < -0.39 is 0 Å². The Bertz CT molecular complexity index is 1210. The van der Waals surface area contributed by atoms with Crippen molar-refractivity contribution in [2.75, 3.05) is 39.3 Å². The number of piperazine rings is 1. The zero-order chi connectivity index (χ0) is 27.4. The average molecular weight is 601 g/mol. The van der Waals surface area contributed by atoms with Crippen molar-refractivity contribution in [3.8, 4) is 5.75 Å². The van der Waals surface area contributed by atoms with Gasteiger partial charge in [-0.05, 0) is 48.7 Å². The molecule has 0 saturated carbocycles. The summed E-state index contributed by atoms with van der Waals surface area (Å²) in [6.45, 7) is 5.13. The lowest BCUT2D eigenvalue weighted by Crippen LogP contribution is -2.59. The van der Waals surface area contributed by atoms with Gasteiger partial charge in [0.2, 0.25) is 11.8 Å². The Morgan fingerprint density at radius 3 is 2.29 bits per heavy atom. The van der Waals surface area contributed by atoms with Gasteiger partial charge in [0, 0.05) is 45.7 Å². The van der Waals surface area contributed by atoms with E-state index in [0.717, 1.165) is 18.5 Å².